The van der Waals surface area contributed by atoms with E-state index in [9.17, 15) is 13.2 Å². The Hall–Kier alpha value is -1.76. The molecule has 0 aliphatic carbocycles. The zero-order chi connectivity index (χ0) is 13.8. The molecule has 0 heterocycles. The van der Waals surface area contributed by atoms with Crippen LogP contribution in [0.2, 0.25) is 0 Å². The summed E-state index contributed by atoms with van der Waals surface area (Å²) in [6, 6.07) is 6.34. The van der Waals surface area contributed by atoms with Crippen LogP contribution in [0.15, 0.2) is 24.3 Å². The van der Waals surface area contributed by atoms with Crippen LogP contribution in [0.4, 0.5) is 16.2 Å². The molecule has 0 fully saturated rings. The van der Waals surface area contributed by atoms with E-state index in [-0.39, 0.29) is 18.3 Å². The lowest BCUT2D eigenvalue weighted by atomic mass is 10.3. The van der Waals surface area contributed by atoms with Crippen LogP contribution >= 0.6 is 0 Å². The van der Waals surface area contributed by atoms with Gasteiger partial charge in [0.1, 0.15) is 9.84 Å². The Morgan fingerprint density at radius 2 is 1.89 bits per heavy atom. The van der Waals surface area contributed by atoms with E-state index in [0.29, 0.717) is 11.4 Å². The van der Waals surface area contributed by atoms with E-state index >= 15 is 0 Å². The van der Waals surface area contributed by atoms with Gasteiger partial charge >= 0.3 is 6.03 Å². The van der Waals surface area contributed by atoms with Gasteiger partial charge in [0.2, 0.25) is 0 Å². The fourth-order valence-corrected chi connectivity index (χ4v) is 1.80. The minimum absolute atomic E-state index is 0.0569. The fraction of sp³-hybridized carbons (Fsp3) is 0.364. The maximum absolute atomic E-state index is 11.7. The lowest BCUT2D eigenvalue weighted by Crippen LogP contribution is -2.34. The van der Waals surface area contributed by atoms with Gasteiger partial charge in [-0.05, 0) is 24.3 Å². The molecular weight excluding hydrogens is 254 g/mol. The average Bonchev–Trinajstić information content (AvgIpc) is 2.28. The SMILES string of the molecule is CN(CCS(C)(=O)=O)C(=O)Nc1ccc(N)cc1. The minimum Gasteiger partial charge on any atom is -0.399 e. The molecule has 0 saturated carbocycles. The van der Waals surface area contributed by atoms with Crippen molar-refractivity contribution in [2.75, 3.05) is 36.7 Å². The van der Waals surface area contributed by atoms with Gasteiger partial charge in [-0.3, -0.25) is 0 Å². The number of urea groups is 1. The summed E-state index contributed by atoms with van der Waals surface area (Å²) in [6.07, 6.45) is 1.14. The summed E-state index contributed by atoms with van der Waals surface area (Å²) >= 11 is 0. The summed E-state index contributed by atoms with van der Waals surface area (Å²) in [5.74, 6) is -0.0569. The molecule has 0 bridgehead atoms. The standard InChI is InChI=1S/C11H17N3O3S/c1-14(7-8-18(2,16)17)11(15)13-10-5-3-9(12)4-6-10/h3-6H,7-8,12H2,1-2H3,(H,13,15). The Labute approximate surface area is 107 Å². The van der Waals surface area contributed by atoms with Crippen LogP contribution < -0.4 is 11.1 Å². The van der Waals surface area contributed by atoms with E-state index in [1.807, 2.05) is 0 Å². The number of amides is 2. The third-order valence-corrected chi connectivity index (χ3v) is 3.23. The first-order chi connectivity index (χ1) is 8.28. The molecule has 0 spiro atoms. The molecule has 1 rings (SSSR count). The highest BCUT2D eigenvalue weighted by atomic mass is 32.2. The summed E-state index contributed by atoms with van der Waals surface area (Å²) in [5, 5.41) is 2.64. The second kappa shape index (κ2) is 5.72. The fourth-order valence-electron chi connectivity index (χ4n) is 1.19. The molecule has 7 heteroatoms. The number of hydrogen-bond acceptors (Lipinski definition) is 4. The third kappa shape index (κ3) is 5.05. The van der Waals surface area contributed by atoms with Crippen molar-refractivity contribution in [2.24, 2.45) is 0 Å². The first-order valence-corrected chi connectivity index (χ1v) is 7.39. The Kier molecular flexibility index (Phi) is 4.55. The van der Waals surface area contributed by atoms with Crippen LogP contribution in [0.5, 0.6) is 0 Å². The summed E-state index contributed by atoms with van der Waals surface area (Å²) in [6.45, 7) is 0.152. The zero-order valence-electron chi connectivity index (χ0n) is 10.4. The zero-order valence-corrected chi connectivity index (χ0v) is 11.2. The van der Waals surface area contributed by atoms with E-state index in [4.69, 9.17) is 5.73 Å². The van der Waals surface area contributed by atoms with E-state index in [0.717, 1.165) is 6.26 Å². The van der Waals surface area contributed by atoms with Crippen molar-refractivity contribution in [3.63, 3.8) is 0 Å². The molecule has 0 saturated heterocycles. The molecule has 1 aromatic carbocycles. The van der Waals surface area contributed by atoms with E-state index in [1.165, 1.54) is 11.9 Å². The molecule has 0 aliphatic rings. The minimum atomic E-state index is -3.07. The molecule has 0 aliphatic heterocycles. The predicted molar refractivity (Wildman–Crippen MR) is 72.2 cm³/mol. The van der Waals surface area contributed by atoms with E-state index in [1.54, 1.807) is 24.3 Å². The number of rotatable bonds is 4. The molecular formula is C11H17N3O3S. The van der Waals surface area contributed by atoms with Crippen LogP contribution in [0.25, 0.3) is 0 Å². The average molecular weight is 271 g/mol. The number of carbonyl (C=O) groups is 1. The number of hydrogen-bond donors (Lipinski definition) is 2. The van der Waals surface area contributed by atoms with Gasteiger partial charge in [0.25, 0.3) is 0 Å². The number of nitrogens with one attached hydrogen (secondary N) is 1. The molecule has 18 heavy (non-hydrogen) atoms. The summed E-state index contributed by atoms with van der Waals surface area (Å²) in [5.41, 5.74) is 6.74. The smallest absolute Gasteiger partial charge is 0.321 e. The Bertz CT molecular complexity index is 511. The number of nitrogens with two attached hydrogens (primary N) is 1. The molecule has 0 unspecified atom stereocenters. The van der Waals surface area contributed by atoms with Crippen molar-refractivity contribution < 1.29 is 13.2 Å². The summed E-state index contributed by atoms with van der Waals surface area (Å²) in [4.78, 5) is 13.0. The Balaban J connectivity index is 2.52. The summed E-state index contributed by atoms with van der Waals surface area (Å²) in [7, 11) is -1.53. The van der Waals surface area contributed by atoms with Gasteiger partial charge in [-0.15, -0.1) is 0 Å². The second-order valence-corrected chi connectivity index (χ2v) is 6.36. The van der Waals surface area contributed by atoms with Crippen molar-refractivity contribution in [3.8, 4) is 0 Å². The van der Waals surface area contributed by atoms with Crippen molar-refractivity contribution in [3.05, 3.63) is 24.3 Å². The Morgan fingerprint density at radius 3 is 2.39 bits per heavy atom. The van der Waals surface area contributed by atoms with Crippen LogP contribution in [0, 0.1) is 0 Å². The lowest BCUT2D eigenvalue weighted by Gasteiger charge is -2.17. The van der Waals surface area contributed by atoms with Gasteiger partial charge in [-0.25, -0.2) is 13.2 Å². The van der Waals surface area contributed by atoms with Crippen LogP contribution in [0.3, 0.4) is 0 Å². The number of benzene rings is 1. The maximum Gasteiger partial charge on any atom is 0.321 e. The predicted octanol–water partition coefficient (Wildman–Crippen LogP) is 0.777. The highest BCUT2D eigenvalue weighted by molar-refractivity contribution is 7.90. The molecule has 100 valence electrons. The van der Waals surface area contributed by atoms with Gasteiger partial charge < -0.3 is 16.0 Å². The van der Waals surface area contributed by atoms with Crippen molar-refractivity contribution in [2.45, 2.75) is 0 Å². The Morgan fingerprint density at radius 1 is 1.33 bits per heavy atom. The number of nitrogen functional groups attached to an aromatic ring is 1. The van der Waals surface area contributed by atoms with Crippen LogP contribution in [-0.4, -0.2) is 44.9 Å². The van der Waals surface area contributed by atoms with Crippen molar-refractivity contribution >= 4 is 27.2 Å². The number of nitrogens with zero attached hydrogens (tertiary/aromatic N) is 1. The molecule has 1 aromatic rings. The molecule has 0 atom stereocenters. The largest absolute Gasteiger partial charge is 0.399 e. The van der Waals surface area contributed by atoms with Gasteiger partial charge in [-0.2, -0.15) is 0 Å². The van der Waals surface area contributed by atoms with E-state index < -0.39 is 9.84 Å². The number of carbonyl (C=O) groups excluding carboxylic acids is 1. The molecule has 0 aromatic heterocycles. The highest BCUT2D eigenvalue weighted by Crippen LogP contribution is 2.10. The molecule has 0 radical (unpaired) electrons. The van der Waals surface area contributed by atoms with Crippen molar-refractivity contribution in [1.29, 1.82) is 0 Å². The molecule has 2 amide bonds. The quantitative estimate of drug-likeness (QED) is 0.791. The van der Waals surface area contributed by atoms with Gasteiger partial charge in [0, 0.05) is 31.2 Å². The number of anilines is 2. The number of sulfone groups is 1. The van der Waals surface area contributed by atoms with Crippen LogP contribution in [0.1, 0.15) is 0 Å². The topological polar surface area (TPSA) is 92.5 Å². The first kappa shape index (κ1) is 14.3. The molecule has 3 N–H and O–H groups in total. The van der Waals surface area contributed by atoms with Gasteiger partial charge in [0.15, 0.2) is 0 Å². The first-order valence-electron chi connectivity index (χ1n) is 5.33. The van der Waals surface area contributed by atoms with Crippen molar-refractivity contribution in [1.82, 2.24) is 4.90 Å². The van der Waals surface area contributed by atoms with Gasteiger partial charge in [-0.1, -0.05) is 0 Å². The normalized spacial score (nSPS) is 11.0. The third-order valence-electron chi connectivity index (χ3n) is 2.31. The van der Waals surface area contributed by atoms with E-state index in [2.05, 4.69) is 5.32 Å². The maximum atomic E-state index is 11.7. The van der Waals surface area contributed by atoms with Crippen LogP contribution in [-0.2, 0) is 9.84 Å². The van der Waals surface area contributed by atoms with Gasteiger partial charge in [0.05, 0.1) is 5.75 Å². The summed E-state index contributed by atoms with van der Waals surface area (Å²) < 4.78 is 22.0. The highest BCUT2D eigenvalue weighted by Gasteiger charge is 2.11. The second-order valence-electron chi connectivity index (χ2n) is 4.10. The molecule has 6 nitrogen and oxygen atoms in total. The lowest BCUT2D eigenvalue weighted by molar-refractivity contribution is 0.225. The monoisotopic (exact) mass is 271 g/mol.